The highest BCUT2D eigenvalue weighted by Crippen LogP contribution is 2.15. The fourth-order valence-electron chi connectivity index (χ4n) is 1.37. The minimum absolute atomic E-state index is 0.0786. The number of carboxylic acid groups (broad SMARTS) is 1. The summed E-state index contributed by atoms with van der Waals surface area (Å²) >= 11 is 0. The molecule has 1 N–H and O–H groups in total. The molecule has 16 heavy (non-hydrogen) atoms. The third kappa shape index (κ3) is 1.79. The van der Waals surface area contributed by atoms with Crippen LogP contribution in [0.3, 0.4) is 0 Å². The number of aryl methyl sites for hydroxylation is 1. The third-order valence-corrected chi connectivity index (χ3v) is 2.15. The Morgan fingerprint density at radius 1 is 1.50 bits per heavy atom. The molecule has 82 valence electrons. The summed E-state index contributed by atoms with van der Waals surface area (Å²) in [6.45, 7) is 1.84. The molecule has 0 aliphatic heterocycles. The topological polar surface area (TPSA) is 55.1 Å². The normalized spacial score (nSPS) is 10.4. The van der Waals surface area contributed by atoms with E-state index in [1.807, 2.05) is 6.92 Å². The van der Waals surface area contributed by atoms with Crippen LogP contribution in [0.15, 0.2) is 30.6 Å². The van der Waals surface area contributed by atoms with E-state index in [0.717, 1.165) is 11.6 Å². The summed E-state index contributed by atoms with van der Waals surface area (Å²) in [5, 5.41) is 12.6. The number of carboxylic acids is 1. The van der Waals surface area contributed by atoms with E-state index in [1.54, 1.807) is 12.4 Å². The van der Waals surface area contributed by atoms with Crippen molar-refractivity contribution in [1.82, 2.24) is 9.78 Å². The Hall–Kier alpha value is -2.17. The second-order valence-electron chi connectivity index (χ2n) is 3.43. The van der Waals surface area contributed by atoms with Gasteiger partial charge in [0.2, 0.25) is 0 Å². The van der Waals surface area contributed by atoms with Gasteiger partial charge in [0, 0.05) is 6.20 Å². The van der Waals surface area contributed by atoms with Gasteiger partial charge in [0.05, 0.1) is 11.8 Å². The summed E-state index contributed by atoms with van der Waals surface area (Å²) in [4.78, 5) is 10.6. The van der Waals surface area contributed by atoms with E-state index < -0.39 is 11.8 Å². The molecule has 0 spiro atoms. The third-order valence-electron chi connectivity index (χ3n) is 2.15. The van der Waals surface area contributed by atoms with Gasteiger partial charge in [-0.25, -0.2) is 13.9 Å². The Labute approximate surface area is 90.9 Å². The number of hydrogen-bond acceptors (Lipinski definition) is 2. The zero-order chi connectivity index (χ0) is 11.7. The van der Waals surface area contributed by atoms with E-state index in [9.17, 15) is 9.18 Å². The molecule has 1 aromatic carbocycles. The van der Waals surface area contributed by atoms with E-state index in [4.69, 9.17) is 5.11 Å². The minimum Gasteiger partial charge on any atom is -0.478 e. The number of hydrogen-bond donors (Lipinski definition) is 1. The number of rotatable bonds is 2. The molecule has 0 saturated carbocycles. The van der Waals surface area contributed by atoms with Crippen LogP contribution < -0.4 is 0 Å². The van der Waals surface area contributed by atoms with E-state index in [2.05, 4.69) is 5.10 Å². The van der Waals surface area contributed by atoms with Gasteiger partial charge in [0.25, 0.3) is 0 Å². The Balaban J connectivity index is 2.47. The van der Waals surface area contributed by atoms with Crippen molar-refractivity contribution in [2.24, 2.45) is 0 Å². The van der Waals surface area contributed by atoms with Crippen LogP contribution in [0.4, 0.5) is 4.39 Å². The summed E-state index contributed by atoms with van der Waals surface area (Å²) in [6, 6.07) is 3.72. The number of carbonyl (C=O) groups is 1. The molecule has 0 fully saturated rings. The molecule has 0 radical (unpaired) electrons. The van der Waals surface area contributed by atoms with Gasteiger partial charge in [-0.05, 0) is 30.7 Å². The Bertz CT molecular complexity index is 549. The molecule has 0 unspecified atom stereocenters. The first-order chi connectivity index (χ1) is 7.58. The predicted octanol–water partition coefficient (Wildman–Crippen LogP) is 2.02. The fraction of sp³-hybridized carbons (Fsp3) is 0.0909. The molecule has 1 heterocycles. The first-order valence-electron chi connectivity index (χ1n) is 4.62. The van der Waals surface area contributed by atoms with Crippen molar-refractivity contribution in [3.8, 4) is 5.69 Å². The lowest BCUT2D eigenvalue weighted by Crippen LogP contribution is -2.02. The standard InChI is InChI=1S/C11H9FN2O2/c1-7-5-13-14(6-7)10-3-2-8(11(15)16)4-9(10)12/h2-6H,1H3,(H,15,16). The maximum atomic E-state index is 13.6. The highest BCUT2D eigenvalue weighted by Gasteiger charge is 2.09. The molecule has 0 aliphatic carbocycles. The molecule has 1 aromatic heterocycles. The molecule has 4 nitrogen and oxygen atoms in total. The number of aromatic nitrogens is 2. The van der Waals surface area contributed by atoms with E-state index in [-0.39, 0.29) is 11.3 Å². The number of benzene rings is 1. The number of nitrogens with zero attached hydrogens (tertiary/aromatic N) is 2. The van der Waals surface area contributed by atoms with Crippen LogP contribution in [-0.4, -0.2) is 20.9 Å². The van der Waals surface area contributed by atoms with Gasteiger partial charge in [0.1, 0.15) is 11.5 Å². The lowest BCUT2D eigenvalue weighted by Gasteiger charge is -2.03. The Morgan fingerprint density at radius 2 is 2.25 bits per heavy atom. The van der Waals surface area contributed by atoms with Crippen LogP contribution in [0.2, 0.25) is 0 Å². The van der Waals surface area contributed by atoms with E-state index in [0.29, 0.717) is 0 Å². The van der Waals surface area contributed by atoms with Crippen LogP contribution >= 0.6 is 0 Å². The second kappa shape index (κ2) is 3.77. The molecular formula is C11H9FN2O2. The summed E-state index contributed by atoms with van der Waals surface area (Å²) in [5.74, 6) is -1.76. The van der Waals surface area contributed by atoms with E-state index >= 15 is 0 Å². The quantitative estimate of drug-likeness (QED) is 0.842. The average molecular weight is 220 g/mol. The van der Waals surface area contributed by atoms with Crippen molar-refractivity contribution in [3.63, 3.8) is 0 Å². The number of aromatic carboxylic acids is 1. The van der Waals surface area contributed by atoms with Gasteiger partial charge in [-0.2, -0.15) is 5.10 Å². The lowest BCUT2D eigenvalue weighted by atomic mass is 10.2. The molecular weight excluding hydrogens is 211 g/mol. The SMILES string of the molecule is Cc1cnn(-c2ccc(C(=O)O)cc2F)c1. The molecule has 0 aliphatic rings. The Kier molecular flexibility index (Phi) is 2.44. The zero-order valence-corrected chi connectivity index (χ0v) is 8.51. The summed E-state index contributed by atoms with van der Waals surface area (Å²) in [6.07, 6.45) is 3.27. The molecule has 0 atom stereocenters. The summed E-state index contributed by atoms with van der Waals surface area (Å²) in [5.41, 5.74) is 1.06. The predicted molar refractivity (Wildman–Crippen MR) is 55.2 cm³/mol. The van der Waals surface area contributed by atoms with Gasteiger partial charge in [-0.3, -0.25) is 0 Å². The van der Waals surface area contributed by atoms with E-state index in [1.165, 1.54) is 16.8 Å². The van der Waals surface area contributed by atoms with Gasteiger partial charge >= 0.3 is 5.97 Å². The van der Waals surface area contributed by atoms with Crippen LogP contribution in [0.25, 0.3) is 5.69 Å². The largest absolute Gasteiger partial charge is 0.478 e. The van der Waals surface area contributed by atoms with Crippen LogP contribution in [-0.2, 0) is 0 Å². The van der Waals surface area contributed by atoms with Gasteiger partial charge < -0.3 is 5.11 Å². The molecule has 2 aromatic rings. The van der Waals surface area contributed by atoms with Gasteiger partial charge in [-0.15, -0.1) is 0 Å². The number of halogens is 1. The molecule has 0 saturated heterocycles. The van der Waals surface area contributed by atoms with Gasteiger partial charge in [-0.1, -0.05) is 0 Å². The highest BCUT2D eigenvalue weighted by atomic mass is 19.1. The zero-order valence-electron chi connectivity index (χ0n) is 8.51. The monoisotopic (exact) mass is 220 g/mol. The molecule has 2 rings (SSSR count). The smallest absolute Gasteiger partial charge is 0.335 e. The van der Waals surface area contributed by atoms with Crippen molar-refractivity contribution < 1.29 is 14.3 Å². The molecule has 0 amide bonds. The maximum Gasteiger partial charge on any atom is 0.335 e. The average Bonchev–Trinajstić information content (AvgIpc) is 2.64. The minimum atomic E-state index is -1.15. The van der Waals surface area contributed by atoms with Crippen molar-refractivity contribution in [2.75, 3.05) is 0 Å². The van der Waals surface area contributed by atoms with Crippen LogP contribution in [0, 0.1) is 12.7 Å². The van der Waals surface area contributed by atoms with Gasteiger partial charge in [0.15, 0.2) is 0 Å². The maximum absolute atomic E-state index is 13.6. The summed E-state index contributed by atoms with van der Waals surface area (Å²) in [7, 11) is 0. The molecule has 5 heteroatoms. The highest BCUT2D eigenvalue weighted by molar-refractivity contribution is 5.87. The first-order valence-corrected chi connectivity index (χ1v) is 4.62. The lowest BCUT2D eigenvalue weighted by molar-refractivity contribution is 0.0696. The fourth-order valence-corrected chi connectivity index (χ4v) is 1.37. The van der Waals surface area contributed by atoms with Crippen molar-refractivity contribution in [2.45, 2.75) is 6.92 Å². The van der Waals surface area contributed by atoms with Crippen molar-refractivity contribution in [1.29, 1.82) is 0 Å². The second-order valence-corrected chi connectivity index (χ2v) is 3.43. The van der Waals surface area contributed by atoms with Crippen LogP contribution in [0.1, 0.15) is 15.9 Å². The first kappa shape index (κ1) is 10.4. The van der Waals surface area contributed by atoms with Crippen molar-refractivity contribution in [3.05, 3.63) is 47.5 Å². The Morgan fingerprint density at radius 3 is 2.75 bits per heavy atom. The van der Waals surface area contributed by atoms with Crippen molar-refractivity contribution >= 4 is 5.97 Å². The van der Waals surface area contributed by atoms with Crippen LogP contribution in [0.5, 0.6) is 0 Å². The molecule has 0 bridgehead atoms. The summed E-state index contributed by atoms with van der Waals surface area (Å²) < 4.78 is 15.0.